The third-order valence-electron chi connectivity index (χ3n) is 2.94. The Balaban J connectivity index is 1.83. The van der Waals surface area contributed by atoms with E-state index in [1.807, 2.05) is 30.3 Å². The third kappa shape index (κ3) is 3.17. The predicted molar refractivity (Wildman–Crippen MR) is 84.2 cm³/mol. The predicted octanol–water partition coefficient (Wildman–Crippen LogP) is 4.39. The molecule has 1 N–H and O–H groups in total. The Morgan fingerprint density at radius 3 is 2.57 bits per heavy atom. The fraction of sp³-hybridized carbons (Fsp3) is 0. The summed E-state index contributed by atoms with van der Waals surface area (Å²) < 4.78 is 12.8. The third-order valence-corrected chi connectivity index (χ3v) is 3.22. The lowest BCUT2D eigenvalue weighted by Crippen LogP contribution is -2.00. The average Bonchev–Trinajstić information content (AvgIpc) is 2.53. The second-order valence-corrected chi connectivity index (χ2v) is 4.77. The van der Waals surface area contributed by atoms with Crippen molar-refractivity contribution in [1.82, 2.24) is 4.98 Å². The van der Waals surface area contributed by atoms with Crippen molar-refractivity contribution in [3.8, 4) is 0 Å². The quantitative estimate of drug-likeness (QED) is 0.575. The van der Waals surface area contributed by atoms with Crippen LogP contribution < -0.4 is 5.43 Å². The first-order valence-corrected chi connectivity index (χ1v) is 6.71. The number of halogens is 2. The Bertz CT molecular complexity index is 800. The first-order chi connectivity index (χ1) is 10.2. The standard InChI is InChI=1S/C16H11ClFN3/c17-16(21-20-13-8-6-12(18)7-9-13)15-10-5-11-3-1-2-4-14(11)19-15/h1-10,20H/b21-16-. The van der Waals surface area contributed by atoms with Gasteiger partial charge in [-0.2, -0.15) is 5.10 Å². The van der Waals surface area contributed by atoms with E-state index in [0.29, 0.717) is 11.4 Å². The summed E-state index contributed by atoms with van der Waals surface area (Å²) in [6, 6.07) is 17.4. The zero-order valence-corrected chi connectivity index (χ0v) is 11.7. The molecule has 0 unspecified atom stereocenters. The number of hydrogen-bond donors (Lipinski definition) is 1. The Kier molecular flexibility index (Phi) is 3.79. The van der Waals surface area contributed by atoms with Crippen molar-refractivity contribution in [3.05, 3.63) is 72.2 Å². The number of hydrogen-bond acceptors (Lipinski definition) is 3. The number of fused-ring (bicyclic) bond motifs is 1. The van der Waals surface area contributed by atoms with Crippen LogP contribution >= 0.6 is 11.6 Å². The molecule has 3 rings (SSSR count). The number of nitrogens with one attached hydrogen (secondary N) is 1. The summed E-state index contributed by atoms with van der Waals surface area (Å²) in [6.07, 6.45) is 0. The van der Waals surface area contributed by atoms with Gasteiger partial charge in [-0.1, -0.05) is 35.9 Å². The molecule has 3 aromatic rings. The molecular weight excluding hydrogens is 289 g/mol. The van der Waals surface area contributed by atoms with E-state index >= 15 is 0 Å². The lowest BCUT2D eigenvalue weighted by Gasteiger charge is -2.03. The summed E-state index contributed by atoms with van der Waals surface area (Å²) in [6.45, 7) is 0. The maximum absolute atomic E-state index is 12.8. The van der Waals surface area contributed by atoms with Crippen LogP contribution in [0.3, 0.4) is 0 Å². The minimum Gasteiger partial charge on any atom is -0.277 e. The van der Waals surface area contributed by atoms with E-state index in [9.17, 15) is 4.39 Å². The summed E-state index contributed by atoms with van der Waals surface area (Å²) in [5.74, 6) is -0.299. The number of para-hydroxylation sites is 1. The fourth-order valence-electron chi connectivity index (χ4n) is 1.88. The van der Waals surface area contributed by atoms with Crippen LogP contribution in [0.25, 0.3) is 10.9 Å². The van der Waals surface area contributed by atoms with Crippen LogP contribution in [0, 0.1) is 5.82 Å². The molecule has 3 nitrogen and oxygen atoms in total. The monoisotopic (exact) mass is 299 g/mol. The summed E-state index contributed by atoms with van der Waals surface area (Å²) in [5.41, 5.74) is 4.84. The van der Waals surface area contributed by atoms with E-state index < -0.39 is 0 Å². The van der Waals surface area contributed by atoms with Crippen LogP contribution in [-0.4, -0.2) is 10.2 Å². The van der Waals surface area contributed by atoms with Gasteiger partial charge in [-0.15, -0.1) is 0 Å². The minimum absolute atomic E-state index is 0.241. The number of nitrogens with zero attached hydrogens (tertiary/aromatic N) is 2. The Morgan fingerprint density at radius 1 is 1.00 bits per heavy atom. The van der Waals surface area contributed by atoms with E-state index in [4.69, 9.17) is 11.6 Å². The van der Waals surface area contributed by atoms with E-state index in [-0.39, 0.29) is 11.0 Å². The van der Waals surface area contributed by atoms with Gasteiger partial charge >= 0.3 is 0 Å². The molecule has 0 amide bonds. The highest BCUT2D eigenvalue weighted by Crippen LogP contribution is 2.14. The number of benzene rings is 2. The molecule has 0 atom stereocenters. The number of pyridine rings is 1. The van der Waals surface area contributed by atoms with Crippen molar-refractivity contribution in [2.75, 3.05) is 5.43 Å². The largest absolute Gasteiger partial charge is 0.277 e. The van der Waals surface area contributed by atoms with E-state index in [0.717, 1.165) is 10.9 Å². The van der Waals surface area contributed by atoms with Crippen molar-refractivity contribution in [2.45, 2.75) is 0 Å². The molecule has 0 spiro atoms. The van der Waals surface area contributed by atoms with E-state index in [1.54, 1.807) is 18.2 Å². The van der Waals surface area contributed by atoms with Gasteiger partial charge in [-0.3, -0.25) is 5.43 Å². The van der Waals surface area contributed by atoms with Gasteiger partial charge < -0.3 is 0 Å². The molecule has 5 heteroatoms. The van der Waals surface area contributed by atoms with Gasteiger partial charge in [0.2, 0.25) is 0 Å². The minimum atomic E-state index is -0.299. The van der Waals surface area contributed by atoms with Crippen LogP contribution in [0.2, 0.25) is 0 Å². The maximum Gasteiger partial charge on any atom is 0.174 e. The van der Waals surface area contributed by atoms with Crippen molar-refractivity contribution < 1.29 is 4.39 Å². The van der Waals surface area contributed by atoms with Crippen LogP contribution in [0.15, 0.2) is 65.8 Å². The van der Waals surface area contributed by atoms with Gasteiger partial charge in [0.05, 0.1) is 11.2 Å². The number of rotatable bonds is 3. The summed E-state index contributed by atoms with van der Waals surface area (Å²) in [5, 5.41) is 5.33. The van der Waals surface area contributed by atoms with Crippen molar-refractivity contribution in [3.63, 3.8) is 0 Å². The fourth-order valence-corrected chi connectivity index (χ4v) is 2.02. The topological polar surface area (TPSA) is 37.3 Å². The second kappa shape index (κ2) is 5.89. The highest BCUT2D eigenvalue weighted by Gasteiger charge is 2.03. The molecule has 0 radical (unpaired) electrons. The van der Waals surface area contributed by atoms with E-state index in [2.05, 4.69) is 15.5 Å². The smallest absolute Gasteiger partial charge is 0.174 e. The summed E-state index contributed by atoms with van der Waals surface area (Å²) >= 11 is 6.14. The van der Waals surface area contributed by atoms with Gasteiger partial charge in [0.15, 0.2) is 5.17 Å². The Hall–Kier alpha value is -2.46. The Morgan fingerprint density at radius 2 is 1.76 bits per heavy atom. The normalized spacial score (nSPS) is 11.6. The van der Waals surface area contributed by atoms with Crippen LogP contribution in [0.5, 0.6) is 0 Å². The van der Waals surface area contributed by atoms with Crippen molar-refractivity contribution in [1.29, 1.82) is 0 Å². The lowest BCUT2D eigenvalue weighted by atomic mass is 10.2. The molecular formula is C16H11ClFN3. The molecule has 21 heavy (non-hydrogen) atoms. The maximum atomic E-state index is 12.8. The molecule has 1 aromatic heterocycles. The molecule has 1 heterocycles. The average molecular weight is 300 g/mol. The molecule has 0 aliphatic heterocycles. The first-order valence-electron chi connectivity index (χ1n) is 6.33. The molecule has 0 saturated heterocycles. The molecule has 0 saturated carbocycles. The lowest BCUT2D eigenvalue weighted by molar-refractivity contribution is 0.628. The second-order valence-electron chi connectivity index (χ2n) is 4.41. The Labute approximate surface area is 126 Å². The summed E-state index contributed by atoms with van der Waals surface area (Å²) in [4.78, 5) is 4.44. The van der Waals surface area contributed by atoms with Crippen LogP contribution in [0.4, 0.5) is 10.1 Å². The molecule has 0 bridgehead atoms. The first kappa shape index (κ1) is 13.5. The highest BCUT2D eigenvalue weighted by molar-refractivity contribution is 6.69. The molecule has 0 aliphatic carbocycles. The van der Waals surface area contributed by atoms with Gasteiger partial charge in [0.1, 0.15) is 11.5 Å². The molecule has 2 aromatic carbocycles. The van der Waals surface area contributed by atoms with Gasteiger partial charge in [-0.25, -0.2) is 9.37 Å². The number of anilines is 1. The van der Waals surface area contributed by atoms with Crippen molar-refractivity contribution >= 4 is 33.4 Å². The SMILES string of the molecule is Fc1ccc(N/N=C(\Cl)c2ccc3ccccc3n2)cc1. The zero-order chi connectivity index (χ0) is 14.7. The molecule has 0 fully saturated rings. The number of aromatic nitrogens is 1. The summed E-state index contributed by atoms with van der Waals surface area (Å²) in [7, 11) is 0. The van der Waals surface area contributed by atoms with E-state index in [1.165, 1.54) is 12.1 Å². The van der Waals surface area contributed by atoms with Crippen LogP contribution in [-0.2, 0) is 0 Å². The molecule has 0 aliphatic rings. The van der Waals surface area contributed by atoms with Gasteiger partial charge in [-0.05, 0) is 36.4 Å². The van der Waals surface area contributed by atoms with Crippen LogP contribution in [0.1, 0.15) is 5.69 Å². The highest BCUT2D eigenvalue weighted by atomic mass is 35.5. The van der Waals surface area contributed by atoms with Crippen molar-refractivity contribution in [2.24, 2.45) is 5.10 Å². The van der Waals surface area contributed by atoms with Gasteiger partial charge in [0, 0.05) is 5.39 Å². The van der Waals surface area contributed by atoms with Gasteiger partial charge in [0.25, 0.3) is 0 Å². The molecule has 104 valence electrons. The zero-order valence-electron chi connectivity index (χ0n) is 10.9. The number of hydrazone groups is 1.